The first-order chi connectivity index (χ1) is 32.4. The Morgan fingerprint density at radius 1 is 0.657 bits per heavy atom. The molecule has 0 saturated carbocycles. The molecule has 0 unspecified atom stereocenters. The van der Waals surface area contributed by atoms with E-state index in [2.05, 4.69) is 70.1 Å². The molecule has 2 saturated heterocycles. The monoisotopic (exact) mass is 982 g/mol. The maximum Gasteiger partial charge on any atom is 0.337 e. The molecule has 6 aromatic rings. The summed E-state index contributed by atoms with van der Waals surface area (Å²) in [6.07, 6.45) is 14.4. The van der Waals surface area contributed by atoms with Gasteiger partial charge in [-0.15, -0.1) is 34.4 Å². The van der Waals surface area contributed by atoms with Gasteiger partial charge in [0.15, 0.2) is 25.1 Å². The van der Waals surface area contributed by atoms with Crippen molar-refractivity contribution in [2.24, 2.45) is 0 Å². The van der Waals surface area contributed by atoms with E-state index in [-0.39, 0.29) is 28.4 Å². The molecule has 5 N–H and O–H groups in total. The van der Waals surface area contributed by atoms with Crippen LogP contribution < -0.4 is 31.1 Å². The van der Waals surface area contributed by atoms with Crippen molar-refractivity contribution >= 4 is 95.3 Å². The number of hydrogen-bond acceptors (Lipinski definition) is 14. The first-order valence-corrected chi connectivity index (χ1v) is 26.4. The fourth-order valence-corrected chi connectivity index (χ4v) is 11.4. The van der Waals surface area contributed by atoms with Crippen molar-refractivity contribution in [3.05, 3.63) is 118 Å². The molecule has 4 amide bonds. The molecule has 352 valence electrons. The first-order valence-electron chi connectivity index (χ1n) is 22.1. The lowest BCUT2D eigenvalue weighted by Crippen LogP contribution is -2.31. The minimum absolute atomic E-state index is 0.0647. The number of thioether (sulfide) groups is 1. The van der Waals surface area contributed by atoms with Gasteiger partial charge in [0, 0.05) is 66.5 Å². The van der Waals surface area contributed by atoms with Crippen LogP contribution in [0.4, 0.5) is 42.6 Å². The molecule has 4 aromatic heterocycles. The van der Waals surface area contributed by atoms with Crippen LogP contribution in [-0.4, -0.2) is 89.2 Å². The van der Waals surface area contributed by atoms with E-state index < -0.39 is 15.8 Å². The minimum atomic E-state index is -3.47. The van der Waals surface area contributed by atoms with E-state index in [4.69, 9.17) is 5.11 Å². The number of hydrogen-bond donors (Lipinski definition) is 5. The lowest BCUT2D eigenvalue weighted by atomic mass is 10.1. The molecule has 0 aliphatic carbocycles. The number of aromatic nitrogens is 4. The number of sulfone groups is 1. The molecule has 0 spiro atoms. The van der Waals surface area contributed by atoms with Crippen molar-refractivity contribution in [1.82, 2.24) is 19.9 Å². The van der Waals surface area contributed by atoms with Gasteiger partial charge in [-0.2, -0.15) is 0 Å². The van der Waals surface area contributed by atoms with E-state index in [1.54, 1.807) is 48.4 Å². The molecule has 6 heterocycles. The topological polar surface area (TPSA) is 212 Å². The fourth-order valence-electron chi connectivity index (χ4n) is 7.47. The Bertz CT molecular complexity index is 2720. The summed E-state index contributed by atoms with van der Waals surface area (Å²) < 4.78 is 24.8. The summed E-state index contributed by atoms with van der Waals surface area (Å²) in [5, 5.41) is 22.3. The van der Waals surface area contributed by atoms with Gasteiger partial charge in [-0.05, 0) is 125 Å². The van der Waals surface area contributed by atoms with Gasteiger partial charge in [0.2, 0.25) is 0 Å². The van der Waals surface area contributed by atoms with Crippen LogP contribution in [0, 0.1) is 13.8 Å². The number of pyridine rings is 2. The largest absolute Gasteiger partial charge is 0.478 e. The number of amides is 4. The number of nitrogens with one attached hydrogen (secondary N) is 4. The number of nitrogens with zero attached hydrogens (tertiary/aromatic N) is 6. The highest BCUT2D eigenvalue weighted by Gasteiger charge is 2.20. The highest BCUT2D eigenvalue weighted by molar-refractivity contribution is 7.99. The SMILES string of the molecule is Cc1ccc(NC(=O)Nc2ncc(CCS(=O)(=O)c3ccccn3)s2)c(N2CCCCC2)c1.Cc1ccc(NC(=O)Nc2ncc(CCSc3ccc(C(=O)O)cn3)s2)c(N2CCCCC2)c1. The molecule has 8 rings (SSSR count). The third-order valence-corrected chi connectivity index (χ3v) is 15.4. The number of rotatable bonds is 15. The van der Waals surface area contributed by atoms with Gasteiger partial charge in [0.25, 0.3) is 0 Å². The smallest absolute Gasteiger partial charge is 0.337 e. The van der Waals surface area contributed by atoms with Gasteiger partial charge in [-0.1, -0.05) is 18.2 Å². The van der Waals surface area contributed by atoms with E-state index in [0.29, 0.717) is 16.7 Å². The van der Waals surface area contributed by atoms with Crippen molar-refractivity contribution in [3.8, 4) is 0 Å². The van der Waals surface area contributed by atoms with Gasteiger partial charge in [-0.25, -0.2) is 42.7 Å². The zero-order valence-electron chi connectivity index (χ0n) is 37.4. The van der Waals surface area contributed by atoms with E-state index in [1.165, 1.54) is 72.4 Å². The van der Waals surface area contributed by atoms with Crippen molar-refractivity contribution in [2.45, 2.75) is 75.3 Å². The number of aryl methyl sites for hydroxylation is 4. The summed E-state index contributed by atoms with van der Waals surface area (Å²) in [7, 11) is -3.47. The van der Waals surface area contributed by atoms with Crippen LogP contribution in [-0.2, 0) is 22.7 Å². The van der Waals surface area contributed by atoms with E-state index in [0.717, 1.165) is 94.3 Å². The van der Waals surface area contributed by atoms with Crippen LogP contribution in [0.3, 0.4) is 0 Å². The van der Waals surface area contributed by atoms with Gasteiger partial charge in [0.05, 0.1) is 39.1 Å². The molecule has 16 nitrogen and oxygen atoms in total. The molecule has 20 heteroatoms. The van der Waals surface area contributed by atoms with Gasteiger partial charge in [-0.3, -0.25) is 10.6 Å². The molecule has 0 bridgehead atoms. The summed E-state index contributed by atoms with van der Waals surface area (Å²) in [6.45, 7) is 8.09. The van der Waals surface area contributed by atoms with Crippen LogP contribution in [0.2, 0.25) is 0 Å². The second-order valence-corrected chi connectivity index (χ2v) is 21.5. The van der Waals surface area contributed by atoms with Crippen LogP contribution in [0.15, 0.2) is 102 Å². The average Bonchev–Trinajstić information content (AvgIpc) is 3.99. The van der Waals surface area contributed by atoms with Crippen molar-refractivity contribution < 1.29 is 27.9 Å². The molecule has 2 aromatic carbocycles. The number of carbonyl (C=O) groups is 3. The van der Waals surface area contributed by atoms with Crippen LogP contribution in [0.25, 0.3) is 0 Å². The number of anilines is 6. The minimum Gasteiger partial charge on any atom is -0.478 e. The van der Waals surface area contributed by atoms with Crippen molar-refractivity contribution in [2.75, 3.05) is 68.8 Å². The fraction of sp³-hybridized carbons (Fsp3) is 0.340. The van der Waals surface area contributed by atoms with Crippen molar-refractivity contribution in [1.29, 1.82) is 0 Å². The Kier molecular flexibility index (Phi) is 17.2. The Morgan fingerprint density at radius 3 is 1.70 bits per heavy atom. The summed E-state index contributed by atoms with van der Waals surface area (Å²) in [5.74, 6) is -0.279. The Balaban J connectivity index is 0.000000199. The maximum atomic E-state index is 12.7. The molecule has 2 aliphatic rings. The van der Waals surface area contributed by atoms with Gasteiger partial charge < -0.3 is 25.5 Å². The third kappa shape index (κ3) is 14.5. The van der Waals surface area contributed by atoms with E-state index in [9.17, 15) is 22.8 Å². The maximum absolute atomic E-state index is 12.7. The normalized spacial score (nSPS) is 13.8. The molecule has 2 fully saturated rings. The molecular formula is C47H54N10O6S4. The predicted octanol–water partition coefficient (Wildman–Crippen LogP) is 10.0. The van der Waals surface area contributed by atoms with Crippen LogP contribution in [0.1, 0.15) is 69.8 Å². The number of urea groups is 2. The quantitative estimate of drug-likeness (QED) is 0.0607. The number of carbonyl (C=O) groups excluding carboxylic acids is 2. The number of carboxylic acids is 1. The highest BCUT2D eigenvalue weighted by atomic mass is 32.2. The van der Waals surface area contributed by atoms with Gasteiger partial charge in [0.1, 0.15) is 0 Å². The van der Waals surface area contributed by atoms with Crippen molar-refractivity contribution in [3.63, 3.8) is 0 Å². The number of benzene rings is 2. The predicted molar refractivity (Wildman–Crippen MR) is 270 cm³/mol. The van der Waals surface area contributed by atoms with Gasteiger partial charge >= 0.3 is 18.0 Å². The molecule has 67 heavy (non-hydrogen) atoms. The van der Waals surface area contributed by atoms with E-state index >= 15 is 0 Å². The summed E-state index contributed by atoms with van der Waals surface area (Å²) in [4.78, 5) is 59.3. The number of piperidine rings is 2. The third-order valence-electron chi connectivity index (χ3n) is 10.9. The standard InChI is InChI=1S/C24H27N5O3S2.C23H27N5O3S2/c1-16-5-7-19(20(13-16)29-10-3-2-4-11-29)27-23(32)28-24-26-15-18(34-24)9-12-33-21-8-6-17(14-25-21)22(30)31;1-17-8-9-19(20(15-17)28-12-5-2-6-13-28)26-22(29)27-23-25-16-18(32-23)10-14-33(30,31)21-7-3-4-11-24-21/h5-8,13-15H,2-4,9-12H2,1H3,(H,30,31)(H2,26,27,28,32);3-4,7-9,11,15-16H,2,5-6,10,12-14H2,1H3,(H2,25,26,27,29). The Hall–Kier alpha value is -6.09. The Morgan fingerprint density at radius 2 is 1.21 bits per heavy atom. The number of carboxylic acid groups (broad SMARTS) is 1. The molecule has 2 aliphatic heterocycles. The zero-order valence-corrected chi connectivity index (χ0v) is 40.6. The lowest BCUT2D eigenvalue weighted by molar-refractivity contribution is 0.0696. The second-order valence-electron chi connectivity index (χ2n) is 16.1. The molecule has 0 radical (unpaired) electrons. The lowest BCUT2D eigenvalue weighted by Gasteiger charge is -2.30. The first kappa shape index (κ1) is 48.8. The average molecular weight is 983 g/mol. The number of aromatic carboxylic acids is 1. The zero-order chi connectivity index (χ0) is 47.2. The second kappa shape index (κ2) is 23.6. The molecular weight excluding hydrogens is 929 g/mol. The van der Waals surface area contributed by atoms with Crippen LogP contribution in [0.5, 0.6) is 0 Å². The summed E-state index contributed by atoms with van der Waals surface area (Å²) in [5.41, 5.74) is 6.15. The number of thiazole rings is 2. The summed E-state index contributed by atoms with van der Waals surface area (Å²) in [6, 6.07) is 19.5. The molecule has 0 atom stereocenters. The Labute approximate surface area is 403 Å². The summed E-state index contributed by atoms with van der Waals surface area (Å²) >= 11 is 4.25. The highest BCUT2D eigenvalue weighted by Crippen LogP contribution is 2.32. The van der Waals surface area contributed by atoms with Crippen LogP contribution >= 0.6 is 34.4 Å². The van der Waals surface area contributed by atoms with E-state index in [1.807, 2.05) is 31.2 Å².